The monoisotopic (exact) mass is 284 g/mol. The zero-order valence-corrected chi connectivity index (χ0v) is 13.0. The number of aromatic nitrogens is 1. The first kappa shape index (κ1) is 15.5. The van der Waals surface area contributed by atoms with Crippen LogP contribution < -0.4 is 10.5 Å². The maximum atomic E-state index is 6.23. The van der Waals surface area contributed by atoms with E-state index in [1.165, 1.54) is 5.56 Å². The van der Waals surface area contributed by atoms with Crippen LogP contribution in [0.5, 0.6) is 5.75 Å². The van der Waals surface area contributed by atoms with Crippen molar-refractivity contribution in [1.29, 1.82) is 0 Å². The molecule has 0 aliphatic carbocycles. The fraction of sp³-hybridized carbons (Fsp3) is 0.389. The Morgan fingerprint density at radius 2 is 1.81 bits per heavy atom. The maximum absolute atomic E-state index is 6.23. The molecule has 3 heteroatoms. The Morgan fingerprint density at radius 1 is 1.10 bits per heavy atom. The van der Waals surface area contributed by atoms with Crippen LogP contribution in [0.3, 0.4) is 0 Å². The number of para-hydroxylation sites is 1. The molecule has 2 aromatic rings. The highest BCUT2D eigenvalue weighted by atomic mass is 16.5. The Hall–Kier alpha value is -1.87. The van der Waals surface area contributed by atoms with Crippen LogP contribution in [0.1, 0.15) is 50.5 Å². The topological polar surface area (TPSA) is 48.1 Å². The molecule has 3 nitrogen and oxygen atoms in total. The Labute approximate surface area is 127 Å². The van der Waals surface area contributed by atoms with Crippen molar-refractivity contribution in [2.24, 2.45) is 5.73 Å². The fourth-order valence-corrected chi connectivity index (χ4v) is 2.33. The van der Waals surface area contributed by atoms with Crippen LogP contribution in [0.15, 0.2) is 48.7 Å². The molecule has 0 saturated carbocycles. The highest BCUT2D eigenvalue weighted by Gasteiger charge is 2.21. The first-order valence-electron chi connectivity index (χ1n) is 7.55. The van der Waals surface area contributed by atoms with Gasteiger partial charge in [-0.05, 0) is 43.0 Å². The smallest absolute Gasteiger partial charge is 0.155 e. The van der Waals surface area contributed by atoms with Crippen LogP contribution in [0.4, 0.5) is 0 Å². The zero-order valence-electron chi connectivity index (χ0n) is 13.0. The van der Waals surface area contributed by atoms with Gasteiger partial charge in [-0.15, -0.1) is 0 Å². The van der Waals surface area contributed by atoms with Gasteiger partial charge in [-0.1, -0.05) is 38.1 Å². The van der Waals surface area contributed by atoms with Gasteiger partial charge in [0.2, 0.25) is 0 Å². The molecule has 3 atom stereocenters. The summed E-state index contributed by atoms with van der Waals surface area (Å²) in [6.45, 7) is 6.35. The van der Waals surface area contributed by atoms with Gasteiger partial charge in [0, 0.05) is 12.2 Å². The van der Waals surface area contributed by atoms with Crippen molar-refractivity contribution in [1.82, 2.24) is 4.98 Å². The lowest BCUT2D eigenvalue weighted by Gasteiger charge is -2.24. The molecule has 0 aliphatic rings. The van der Waals surface area contributed by atoms with Crippen molar-refractivity contribution in [2.45, 2.75) is 45.3 Å². The van der Waals surface area contributed by atoms with Crippen molar-refractivity contribution in [3.63, 3.8) is 0 Å². The molecular weight excluding hydrogens is 260 g/mol. The van der Waals surface area contributed by atoms with Gasteiger partial charge in [0.15, 0.2) is 6.10 Å². The van der Waals surface area contributed by atoms with E-state index >= 15 is 0 Å². The van der Waals surface area contributed by atoms with E-state index in [-0.39, 0.29) is 12.1 Å². The second-order valence-corrected chi connectivity index (χ2v) is 5.50. The van der Waals surface area contributed by atoms with Crippen molar-refractivity contribution in [2.75, 3.05) is 0 Å². The molecule has 0 saturated heterocycles. The average molecular weight is 284 g/mol. The van der Waals surface area contributed by atoms with Crippen LogP contribution in [0.25, 0.3) is 0 Å². The molecule has 0 radical (unpaired) electrons. The van der Waals surface area contributed by atoms with Crippen molar-refractivity contribution < 1.29 is 4.74 Å². The average Bonchev–Trinajstić information content (AvgIpc) is 2.52. The number of hydrogen-bond donors (Lipinski definition) is 1. The highest BCUT2D eigenvalue weighted by Crippen LogP contribution is 2.32. The molecule has 1 aromatic heterocycles. The molecule has 0 bridgehead atoms. The number of ether oxygens (including phenoxy) is 1. The van der Waals surface area contributed by atoms with E-state index in [2.05, 4.69) is 31.0 Å². The first-order chi connectivity index (χ1) is 10.1. The molecule has 0 amide bonds. The Kier molecular flexibility index (Phi) is 5.34. The Morgan fingerprint density at radius 3 is 2.43 bits per heavy atom. The summed E-state index contributed by atoms with van der Waals surface area (Å²) in [5.41, 5.74) is 8.20. The number of benzene rings is 1. The predicted molar refractivity (Wildman–Crippen MR) is 86.4 cm³/mol. The second-order valence-electron chi connectivity index (χ2n) is 5.50. The van der Waals surface area contributed by atoms with Gasteiger partial charge >= 0.3 is 0 Å². The fourth-order valence-electron chi connectivity index (χ4n) is 2.33. The van der Waals surface area contributed by atoms with Gasteiger partial charge in [0.05, 0.1) is 5.69 Å². The summed E-state index contributed by atoms with van der Waals surface area (Å²) in [7, 11) is 0. The number of pyridine rings is 1. The molecule has 1 aromatic carbocycles. The van der Waals surface area contributed by atoms with Gasteiger partial charge < -0.3 is 10.5 Å². The lowest BCUT2D eigenvalue weighted by Crippen LogP contribution is -2.30. The minimum absolute atomic E-state index is 0.134. The van der Waals surface area contributed by atoms with Gasteiger partial charge in [0.25, 0.3) is 0 Å². The van der Waals surface area contributed by atoms with Gasteiger partial charge in [-0.25, -0.2) is 0 Å². The standard InChI is InChI=1S/C18H24N2O/c1-4-13(2)15-9-5-6-11-17(15)21-18(14(3)19)16-10-7-8-12-20-16/h5-14,18H,4,19H2,1-3H3. The maximum Gasteiger partial charge on any atom is 0.155 e. The summed E-state index contributed by atoms with van der Waals surface area (Å²) < 4.78 is 6.23. The normalized spacial score (nSPS) is 15.2. The van der Waals surface area contributed by atoms with Crippen molar-refractivity contribution in [3.8, 4) is 5.75 Å². The van der Waals surface area contributed by atoms with E-state index in [0.717, 1.165) is 17.9 Å². The van der Waals surface area contributed by atoms with E-state index in [1.54, 1.807) is 6.20 Å². The zero-order chi connectivity index (χ0) is 15.2. The van der Waals surface area contributed by atoms with Crippen LogP contribution in [-0.2, 0) is 0 Å². The Balaban J connectivity index is 2.30. The number of hydrogen-bond acceptors (Lipinski definition) is 3. The third-order valence-electron chi connectivity index (χ3n) is 3.77. The second kappa shape index (κ2) is 7.23. The molecule has 0 spiro atoms. The lowest BCUT2D eigenvalue weighted by atomic mass is 9.97. The number of rotatable bonds is 6. The van der Waals surface area contributed by atoms with Crippen LogP contribution >= 0.6 is 0 Å². The quantitative estimate of drug-likeness (QED) is 0.870. The summed E-state index contributed by atoms with van der Waals surface area (Å²) >= 11 is 0. The summed E-state index contributed by atoms with van der Waals surface area (Å²) in [4.78, 5) is 4.39. The van der Waals surface area contributed by atoms with Crippen LogP contribution in [0.2, 0.25) is 0 Å². The van der Waals surface area contributed by atoms with Gasteiger partial charge in [-0.3, -0.25) is 4.98 Å². The van der Waals surface area contributed by atoms with E-state index in [1.807, 2.05) is 37.3 Å². The highest BCUT2D eigenvalue weighted by molar-refractivity contribution is 5.36. The molecule has 112 valence electrons. The molecule has 2 rings (SSSR count). The summed E-state index contributed by atoms with van der Waals surface area (Å²) in [6, 6.07) is 13.9. The van der Waals surface area contributed by atoms with E-state index in [4.69, 9.17) is 10.5 Å². The minimum atomic E-state index is -0.239. The van der Waals surface area contributed by atoms with E-state index in [9.17, 15) is 0 Å². The van der Waals surface area contributed by atoms with E-state index < -0.39 is 0 Å². The molecule has 21 heavy (non-hydrogen) atoms. The summed E-state index contributed by atoms with van der Waals surface area (Å²) in [5.74, 6) is 1.36. The Bertz CT molecular complexity index is 554. The third-order valence-corrected chi connectivity index (χ3v) is 3.77. The lowest BCUT2D eigenvalue weighted by molar-refractivity contribution is 0.173. The number of nitrogens with zero attached hydrogens (tertiary/aromatic N) is 1. The predicted octanol–water partition coefficient (Wildman–Crippen LogP) is 4.06. The summed E-state index contributed by atoms with van der Waals surface area (Å²) in [5, 5.41) is 0. The van der Waals surface area contributed by atoms with Crippen molar-refractivity contribution in [3.05, 3.63) is 59.9 Å². The molecule has 2 N–H and O–H groups in total. The van der Waals surface area contributed by atoms with Crippen LogP contribution in [-0.4, -0.2) is 11.0 Å². The van der Waals surface area contributed by atoms with E-state index in [0.29, 0.717) is 5.92 Å². The van der Waals surface area contributed by atoms with Crippen molar-refractivity contribution >= 4 is 0 Å². The molecule has 0 fully saturated rings. The summed E-state index contributed by atoms with van der Waals surface area (Å²) in [6.07, 6.45) is 2.61. The van der Waals surface area contributed by atoms with Gasteiger partial charge in [0.1, 0.15) is 5.75 Å². The largest absolute Gasteiger partial charge is 0.482 e. The number of nitrogens with two attached hydrogens (primary N) is 1. The molecular formula is C18H24N2O. The van der Waals surface area contributed by atoms with Crippen LogP contribution in [0, 0.1) is 0 Å². The van der Waals surface area contributed by atoms with Gasteiger partial charge in [-0.2, -0.15) is 0 Å². The molecule has 3 unspecified atom stereocenters. The molecule has 1 heterocycles. The SMILES string of the molecule is CCC(C)c1ccccc1OC(c1ccccn1)C(C)N. The minimum Gasteiger partial charge on any atom is -0.482 e. The third kappa shape index (κ3) is 3.82. The molecule has 0 aliphatic heterocycles. The first-order valence-corrected chi connectivity index (χ1v) is 7.55.